The van der Waals surface area contributed by atoms with Crippen molar-refractivity contribution in [1.82, 2.24) is 10.6 Å². The number of esters is 1. The highest BCUT2D eigenvalue weighted by molar-refractivity contribution is 7.17. The molecule has 5 rings (SSSR count). The lowest BCUT2D eigenvalue weighted by molar-refractivity contribution is 0.0526. The quantitative estimate of drug-likeness (QED) is 0.423. The van der Waals surface area contributed by atoms with Crippen LogP contribution >= 0.6 is 22.7 Å². The zero-order valence-corrected chi connectivity index (χ0v) is 20.2. The summed E-state index contributed by atoms with van der Waals surface area (Å²) >= 11 is 3.22. The summed E-state index contributed by atoms with van der Waals surface area (Å²) in [4.78, 5) is 29.1. The van der Waals surface area contributed by atoms with Gasteiger partial charge in [-0.1, -0.05) is 0 Å². The van der Waals surface area contributed by atoms with Crippen LogP contribution in [0.5, 0.6) is 0 Å². The minimum absolute atomic E-state index is 0.308. The molecule has 2 aliphatic rings. The molecule has 174 valence electrons. The number of fused-ring (bicyclic) bond motifs is 2. The van der Waals surface area contributed by atoms with Crippen molar-refractivity contribution < 1.29 is 18.7 Å². The van der Waals surface area contributed by atoms with Gasteiger partial charge in [-0.15, -0.1) is 22.7 Å². The van der Waals surface area contributed by atoms with E-state index in [1.807, 2.05) is 12.1 Å². The first-order valence-corrected chi connectivity index (χ1v) is 13.0. The summed E-state index contributed by atoms with van der Waals surface area (Å²) in [5, 5.41) is 9.95. The first kappa shape index (κ1) is 22.2. The summed E-state index contributed by atoms with van der Waals surface area (Å²) in [7, 11) is 0. The zero-order valence-electron chi connectivity index (χ0n) is 18.5. The highest BCUT2D eigenvalue weighted by atomic mass is 32.1. The van der Waals surface area contributed by atoms with Crippen LogP contribution in [0.4, 0.5) is 9.80 Å². The van der Waals surface area contributed by atoms with E-state index in [1.165, 1.54) is 26.7 Å². The van der Waals surface area contributed by atoms with Crippen LogP contribution in [-0.4, -0.2) is 25.2 Å². The second kappa shape index (κ2) is 9.70. The fourth-order valence-electron chi connectivity index (χ4n) is 4.58. The average Bonchev–Trinajstić information content (AvgIpc) is 3.54. The molecule has 7 nitrogen and oxygen atoms in total. The Morgan fingerprint density at radius 3 is 2.85 bits per heavy atom. The first-order chi connectivity index (χ1) is 16.2. The van der Waals surface area contributed by atoms with Crippen molar-refractivity contribution in [1.29, 1.82) is 0 Å². The molecule has 0 saturated heterocycles. The summed E-state index contributed by atoms with van der Waals surface area (Å²) in [6.45, 7) is 4.26. The number of nitrogens with one attached hydrogen (secondary N) is 3. The fourth-order valence-corrected chi connectivity index (χ4v) is 7.16. The first-order valence-electron chi connectivity index (χ1n) is 11.4. The Bertz CT molecular complexity index is 1160. The van der Waals surface area contributed by atoms with Crippen LogP contribution in [0.3, 0.4) is 0 Å². The Morgan fingerprint density at radius 1 is 1.15 bits per heavy atom. The van der Waals surface area contributed by atoms with E-state index in [0.29, 0.717) is 23.7 Å². The van der Waals surface area contributed by atoms with Gasteiger partial charge in [0.15, 0.2) is 0 Å². The van der Waals surface area contributed by atoms with Gasteiger partial charge in [0, 0.05) is 22.8 Å². The normalized spacial score (nSPS) is 14.9. The minimum atomic E-state index is -0.355. The number of anilines is 1. The topological polar surface area (TPSA) is 92.6 Å². The van der Waals surface area contributed by atoms with Crippen molar-refractivity contribution in [3.05, 3.63) is 50.4 Å². The number of aryl methyl sites for hydroxylation is 1. The maximum atomic E-state index is 12.9. The number of ether oxygens (including phenoxy) is 1. The number of rotatable bonds is 6. The molecule has 33 heavy (non-hydrogen) atoms. The zero-order chi connectivity index (χ0) is 22.8. The largest absolute Gasteiger partial charge is 0.464 e. The molecule has 0 spiro atoms. The van der Waals surface area contributed by atoms with Crippen LogP contribution in [-0.2, 0) is 37.1 Å². The van der Waals surface area contributed by atoms with E-state index in [4.69, 9.17) is 9.15 Å². The van der Waals surface area contributed by atoms with Gasteiger partial charge in [-0.3, -0.25) is 5.32 Å². The van der Waals surface area contributed by atoms with E-state index in [-0.39, 0.29) is 12.0 Å². The molecule has 1 aliphatic carbocycles. The fraction of sp³-hybridized carbons (Fsp3) is 0.417. The number of urea groups is 1. The molecule has 0 atom stereocenters. The second-order valence-corrected chi connectivity index (χ2v) is 10.4. The SMILES string of the molecule is CCOC(=O)c1c(NC(=O)NCc2c(-c3ccco3)sc3c2CCNC3)sc2c1CCCC2. The maximum Gasteiger partial charge on any atom is 0.341 e. The Morgan fingerprint density at radius 2 is 2.03 bits per heavy atom. The number of hydrogen-bond donors (Lipinski definition) is 3. The summed E-state index contributed by atoms with van der Waals surface area (Å²) in [5.74, 6) is 0.467. The third-order valence-electron chi connectivity index (χ3n) is 6.09. The van der Waals surface area contributed by atoms with Crippen LogP contribution in [0.2, 0.25) is 0 Å². The van der Waals surface area contributed by atoms with Crippen molar-refractivity contribution in [2.75, 3.05) is 18.5 Å². The van der Waals surface area contributed by atoms with Gasteiger partial charge >= 0.3 is 12.0 Å². The number of furan rings is 1. The van der Waals surface area contributed by atoms with Gasteiger partial charge in [0.2, 0.25) is 0 Å². The number of carbonyl (C=O) groups is 2. The van der Waals surface area contributed by atoms with E-state index in [0.717, 1.165) is 67.0 Å². The summed E-state index contributed by atoms with van der Waals surface area (Å²) in [6, 6.07) is 3.51. The molecule has 0 radical (unpaired) electrons. The Balaban J connectivity index is 1.36. The van der Waals surface area contributed by atoms with Crippen molar-refractivity contribution >= 4 is 39.7 Å². The molecular weight excluding hydrogens is 458 g/mol. The molecular formula is C24H27N3O4S2. The standard InChI is InChI=1S/C24H27N3O4S2/c1-2-30-23(28)20-15-6-3-4-8-18(15)33-22(20)27-24(29)26-12-16-14-9-10-25-13-19(14)32-21(16)17-7-5-11-31-17/h5,7,11,25H,2-4,6,8-10,12-13H2,1H3,(H2,26,27,29). The molecule has 3 aromatic heterocycles. The van der Waals surface area contributed by atoms with E-state index >= 15 is 0 Å². The second-order valence-electron chi connectivity index (χ2n) is 8.16. The molecule has 0 fully saturated rings. The monoisotopic (exact) mass is 485 g/mol. The van der Waals surface area contributed by atoms with Crippen LogP contribution in [0.25, 0.3) is 10.6 Å². The molecule has 2 amide bonds. The Kier molecular flexibility index (Phi) is 6.52. The van der Waals surface area contributed by atoms with E-state index < -0.39 is 0 Å². The number of thiophene rings is 2. The number of amides is 2. The van der Waals surface area contributed by atoms with Crippen molar-refractivity contribution in [2.24, 2.45) is 0 Å². The summed E-state index contributed by atoms with van der Waals surface area (Å²) in [6.07, 6.45) is 6.55. The highest BCUT2D eigenvalue weighted by Gasteiger charge is 2.28. The molecule has 0 bridgehead atoms. The smallest absolute Gasteiger partial charge is 0.341 e. The van der Waals surface area contributed by atoms with Crippen molar-refractivity contribution in [3.63, 3.8) is 0 Å². The Hall–Kier alpha value is -2.62. The molecule has 9 heteroatoms. The van der Waals surface area contributed by atoms with Gasteiger partial charge in [0.25, 0.3) is 0 Å². The lowest BCUT2D eigenvalue weighted by Crippen LogP contribution is -2.30. The predicted octanol–water partition coefficient (Wildman–Crippen LogP) is 5.09. The van der Waals surface area contributed by atoms with Crippen LogP contribution < -0.4 is 16.0 Å². The molecule has 4 heterocycles. The molecule has 0 unspecified atom stereocenters. The van der Waals surface area contributed by atoms with E-state index in [1.54, 1.807) is 24.5 Å². The predicted molar refractivity (Wildman–Crippen MR) is 130 cm³/mol. The molecule has 0 saturated carbocycles. The third kappa shape index (κ3) is 4.45. The number of carbonyl (C=O) groups excluding carboxylic acids is 2. The van der Waals surface area contributed by atoms with Crippen LogP contribution in [0, 0.1) is 0 Å². The molecule has 0 aromatic carbocycles. The molecule has 3 N–H and O–H groups in total. The van der Waals surface area contributed by atoms with Gasteiger partial charge < -0.3 is 19.8 Å². The summed E-state index contributed by atoms with van der Waals surface area (Å²) in [5.41, 5.74) is 3.98. The van der Waals surface area contributed by atoms with Crippen LogP contribution in [0.15, 0.2) is 22.8 Å². The van der Waals surface area contributed by atoms with Crippen LogP contribution in [0.1, 0.15) is 56.6 Å². The van der Waals surface area contributed by atoms with Gasteiger partial charge in [0.05, 0.1) is 23.3 Å². The van der Waals surface area contributed by atoms with Crippen molar-refractivity contribution in [2.45, 2.75) is 52.1 Å². The Labute approximate surface area is 200 Å². The van der Waals surface area contributed by atoms with E-state index in [9.17, 15) is 9.59 Å². The third-order valence-corrected chi connectivity index (χ3v) is 8.58. The molecule has 3 aromatic rings. The minimum Gasteiger partial charge on any atom is -0.464 e. The van der Waals surface area contributed by atoms with Gasteiger partial charge in [-0.25, -0.2) is 9.59 Å². The lowest BCUT2D eigenvalue weighted by atomic mass is 9.95. The summed E-state index contributed by atoms with van der Waals surface area (Å²) < 4.78 is 11.0. The average molecular weight is 486 g/mol. The van der Waals surface area contributed by atoms with Gasteiger partial charge in [-0.05, 0) is 74.4 Å². The highest BCUT2D eigenvalue weighted by Crippen LogP contribution is 2.40. The maximum absolute atomic E-state index is 12.9. The van der Waals surface area contributed by atoms with Crippen molar-refractivity contribution in [3.8, 4) is 10.6 Å². The van der Waals surface area contributed by atoms with Gasteiger partial charge in [-0.2, -0.15) is 0 Å². The van der Waals surface area contributed by atoms with E-state index in [2.05, 4.69) is 16.0 Å². The number of hydrogen-bond acceptors (Lipinski definition) is 7. The van der Waals surface area contributed by atoms with Gasteiger partial charge in [0.1, 0.15) is 10.8 Å². The molecule has 1 aliphatic heterocycles. The lowest BCUT2D eigenvalue weighted by Gasteiger charge is -2.15.